The van der Waals surface area contributed by atoms with Gasteiger partial charge in [0.05, 0.1) is 0 Å². The Hall–Kier alpha value is -0.790. The monoisotopic (exact) mass is 142 g/mol. The van der Waals surface area contributed by atoms with Gasteiger partial charge in [-0.2, -0.15) is 5.10 Å². The first kappa shape index (κ1) is 11.9. The lowest BCUT2D eigenvalue weighted by molar-refractivity contribution is 0.960. The average molecular weight is 142 g/mol. The number of hydrogen-bond donors (Lipinski definition) is 1. The number of hydrogen-bond acceptors (Lipinski definition) is 2. The molecule has 0 atom stereocenters. The van der Waals surface area contributed by atoms with Gasteiger partial charge in [-0.1, -0.05) is 33.3 Å². The highest BCUT2D eigenvalue weighted by Gasteiger charge is 1.67. The first-order valence-electron chi connectivity index (χ1n) is 3.80. The summed E-state index contributed by atoms with van der Waals surface area (Å²) < 4.78 is 0. The minimum atomic E-state index is 1.10. The van der Waals surface area contributed by atoms with Crippen LogP contribution in [0.4, 0.5) is 0 Å². The lowest BCUT2D eigenvalue weighted by Crippen LogP contribution is -1.77. The molecule has 2 nitrogen and oxygen atoms in total. The fourth-order valence-electron chi connectivity index (χ4n) is 0.373. The molecule has 60 valence electrons. The van der Waals surface area contributed by atoms with Crippen LogP contribution in [0.25, 0.3) is 0 Å². The van der Waals surface area contributed by atoms with E-state index in [1.807, 2.05) is 26.0 Å². The lowest BCUT2D eigenvalue weighted by atomic mass is 10.3. The van der Waals surface area contributed by atoms with Crippen molar-refractivity contribution in [3.63, 3.8) is 0 Å². The Morgan fingerprint density at radius 2 is 2.00 bits per heavy atom. The van der Waals surface area contributed by atoms with E-state index >= 15 is 0 Å². The first-order valence-corrected chi connectivity index (χ1v) is 3.80. The van der Waals surface area contributed by atoms with Crippen molar-refractivity contribution in [2.24, 2.45) is 10.9 Å². The maximum Gasteiger partial charge on any atom is 0.0462 e. The zero-order valence-corrected chi connectivity index (χ0v) is 7.17. The molecule has 0 aliphatic rings. The van der Waals surface area contributed by atoms with E-state index in [0.717, 1.165) is 6.42 Å². The molecule has 0 aromatic heterocycles. The van der Waals surface area contributed by atoms with E-state index in [-0.39, 0.29) is 0 Å². The second-order valence-electron chi connectivity index (χ2n) is 1.51. The summed E-state index contributed by atoms with van der Waals surface area (Å²) in [5.74, 6) is 4.83. The third kappa shape index (κ3) is 15.7. The minimum absolute atomic E-state index is 1.10. The Morgan fingerprint density at radius 3 is 2.40 bits per heavy atom. The van der Waals surface area contributed by atoms with Crippen LogP contribution in [0.1, 0.15) is 33.6 Å². The minimum Gasteiger partial charge on any atom is -0.323 e. The fraction of sp³-hybridized carbons (Fsp3) is 0.625. The molecular formula is C8H18N2. The molecule has 2 heteroatoms. The van der Waals surface area contributed by atoms with E-state index in [1.165, 1.54) is 6.42 Å². The number of nitrogens with zero attached hydrogens (tertiary/aromatic N) is 1. The molecule has 0 spiro atoms. The van der Waals surface area contributed by atoms with Gasteiger partial charge in [-0.15, -0.1) is 0 Å². The molecule has 2 N–H and O–H groups in total. The Bertz CT molecular complexity index is 85.3. The smallest absolute Gasteiger partial charge is 0.0462 e. The molecule has 0 aliphatic carbocycles. The maximum atomic E-state index is 4.83. The highest BCUT2D eigenvalue weighted by atomic mass is 15.1. The van der Waals surface area contributed by atoms with Crippen molar-refractivity contribution >= 4 is 6.21 Å². The number of rotatable bonds is 3. The molecule has 0 saturated carbocycles. The molecule has 0 aromatic carbocycles. The third-order valence-corrected chi connectivity index (χ3v) is 0.764. The predicted molar refractivity (Wildman–Crippen MR) is 48.1 cm³/mol. The fourth-order valence-corrected chi connectivity index (χ4v) is 0.373. The SMILES string of the molecule is CC.CCC/C=C/C=N/N. The maximum absolute atomic E-state index is 4.83. The van der Waals surface area contributed by atoms with Crippen LogP contribution in [0.2, 0.25) is 0 Å². The van der Waals surface area contributed by atoms with Crippen molar-refractivity contribution in [1.82, 2.24) is 0 Å². The van der Waals surface area contributed by atoms with E-state index in [1.54, 1.807) is 6.21 Å². The van der Waals surface area contributed by atoms with E-state index in [4.69, 9.17) is 5.84 Å². The van der Waals surface area contributed by atoms with Gasteiger partial charge >= 0.3 is 0 Å². The van der Waals surface area contributed by atoms with Crippen LogP contribution in [0.5, 0.6) is 0 Å². The molecule has 0 amide bonds. The van der Waals surface area contributed by atoms with Gasteiger partial charge in [0.15, 0.2) is 0 Å². The summed E-state index contributed by atoms with van der Waals surface area (Å²) in [5.41, 5.74) is 0. The second-order valence-corrected chi connectivity index (χ2v) is 1.51. The largest absolute Gasteiger partial charge is 0.323 e. The number of allylic oxidation sites excluding steroid dienone is 2. The van der Waals surface area contributed by atoms with Crippen molar-refractivity contribution in [2.45, 2.75) is 33.6 Å². The van der Waals surface area contributed by atoms with Crippen LogP contribution in [0.15, 0.2) is 17.3 Å². The highest BCUT2D eigenvalue weighted by Crippen LogP contribution is 1.85. The van der Waals surface area contributed by atoms with Gasteiger partial charge in [-0.25, -0.2) is 0 Å². The first-order chi connectivity index (χ1) is 4.91. The summed E-state index contributed by atoms with van der Waals surface area (Å²) in [7, 11) is 0. The molecule has 0 radical (unpaired) electrons. The summed E-state index contributed by atoms with van der Waals surface area (Å²) in [6.07, 6.45) is 7.75. The summed E-state index contributed by atoms with van der Waals surface area (Å²) in [6, 6.07) is 0. The van der Waals surface area contributed by atoms with Gasteiger partial charge in [0, 0.05) is 6.21 Å². The van der Waals surface area contributed by atoms with Crippen LogP contribution in [0.3, 0.4) is 0 Å². The van der Waals surface area contributed by atoms with Crippen LogP contribution in [0, 0.1) is 0 Å². The molecule has 0 unspecified atom stereocenters. The Labute approximate surface area is 63.8 Å². The standard InChI is InChI=1S/C6H12N2.C2H6/c1-2-3-4-5-6-8-7;1-2/h4-6H,2-3,7H2,1H3;1-2H3/b5-4+,8-6+;. The van der Waals surface area contributed by atoms with Crippen molar-refractivity contribution in [3.05, 3.63) is 12.2 Å². The zero-order chi connectivity index (χ0) is 8.24. The predicted octanol–water partition coefficient (Wildman–Crippen LogP) is 2.31. The van der Waals surface area contributed by atoms with Gasteiger partial charge in [0.25, 0.3) is 0 Å². The lowest BCUT2D eigenvalue weighted by Gasteiger charge is -1.77. The zero-order valence-electron chi connectivity index (χ0n) is 7.17. The molecule has 0 rings (SSSR count). The molecule has 10 heavy (non-hydrogen) atoms. The van der Waals surface area contributed by atoms with E-state index in [0.29, 0.717) is 0 Å². The van der Waals surface area contributed by atoms with Gasteiger partial charge in [0.2, 0.25) is 0 Å². The molecule has 0 aromatic rings. The van der Waals surface area contributed by atoms with Gasteiger partial charge in [0.1, 0.15) is 0 Å². The number of unbranched alkanes of at least 4 members (excludes halogenated alkanes) is 1. The highest BCUT2D eigenvalue weighted by molar-refractivity contribution is 5.70. The summed E-state index contributed by atoms with van der Waals surface area (Å²) in [5, 5.41) is 3.30. The molecule has 0 fully saturated rings. The molecule has 0 aliphatic heterocycles. The van der Waals surface area contributed by atoms with Crippen molar-refractivity contribution in [3.8, 4) is 0 Å². The number of nitrogens with two attached hydrogens (primary N) is 1. The Kier molecular flexibility index (Phi) is 18.8. The average Bonchev–Trinajstić information content (AvgIpc) is 2.02. The summed E-state index contributed by atoms with van der Waals surface area (Å²) in [6.45, 7) is 6.13. The Morgan fingerprint density at radius 1 is 1.40 bits per heavy atom. The third-order valence-electron chi connectivity index (χ3n) is 0.764. The Balaban J connectivity index is 0. The second kappa shape index (κ2) is 15.7. The van der Waals surface area contributed by atoms with E-state index in [2.05, 4.69) is 12.0 Å². The molecule has 0 bridgehead atoms. The van der Waals surface area contributed by atoms with Crippen LogP contribution < -0.4 is 5.84 Å². The van der Waals surface area contributed by atoms with Gasteiger partial charge < -0.3 is 5.84 Å². The topological polar surface area (TPSA) is 38.4 Å². The molecular weight excluding hydrogens is 124 g/mol. The van der Waals surface area contributed by atoms with Crippen molar-refractivity contribution in [1.29, 1.82) is 0 Å². The van der Waals surface area contributed by atoms with Crippen LogP contribution in [-0.2, 0) is 0 Å². The van der Waals surface area contributed by atoms with E-state index < -0.39 is 0 Å². The number of hydrazone groups is 1. The van der Waals surface area contributed by atoms with Crippen molar-refractivity contribution < 1.29 is 0 Å². The van der Waals surface area contributed by atoms with Crippen LogP contribution in [-0.4, -0.2) is 6.21 Å². The summed E-state index contributed by atoms with van der Waals surface area (Å²) >= 11 is 0. The van der Waals surface area contributed by atoms with Gasteiger partial charge in [-0.05, 0) is 12.5 Å². The van der Waals surface area contributed by atoms with Crippen molar-refractivity contribution in [2.75, 3.05) is 0 Å². The van der Waals surface area contributed by atoms with Gasteiger partial charge in [-0.3, -0.25) is 0 Å². The quantitative estimate of drug-likeness (QED) is 0.366. The van der Waals surface area contributed by atoms with Crippen LogP contribution >= 0.6 is 0 Å². The molecule has 0 saturated heterocycles. The molecule has 0 heterocycles. The summed E-state index contributed by atoms with van der Waals surface area (Å²) in [4.78, 5) is 0. The normalized spacial score (nSPS) is 9.90. The van der Waals surface area contributed by atoms with E-state index in [9.17, 15) is 0 Å².